The molecule has 2 aromatic rings. The largest absolute Gasteiger partial charge is 0.352 e. The number of carbonyl (C=O) groups excluding carboxylic acids is 4. The second-order valence-corrected chi connectivity index (χ2v) is 12.4. The molecule has 0 radical (unpaired) electrons. The summed E-state index contributed by atoms with van der Waals surface area (Å²) in [6, 6.07) is 4.63. The molecular weight excluding hydrogens is 580 g/mol. The van der Waals surface area contributed by atoms with Gasteiger partial charge in [-0.05, 0) is 42.5 Å². The Morgan fingerprint density at radius 2 is 1.04 bits per heavy atom. The van der Waals surface area contributed by atoms with Gasteiger partial charge in [-0.2, -0.15) is 0 Å². The molecule has 4 amide bonds. The topological polar surface area (TPSA) is 142 Å². The zero-order valence-electron chi connectivity index (χ0n) is 28.5. The maximum absolute atomic E-state index is 13.7. The summed E-state index contributed by atoms with van der Waals surface area (Å²) in [6.45, 7) is 10.3. The van der Waals surface area contributed by atoms with E-state index in [9.17, 15) is 19.2 Å². The second-order valence-electron chi connectivity index (χ2n) is 12.4. The van der Waals surface area contributed by atoms with Crippen molar-refractivity contribution in [2.45, 2.75) is 123 Å². The van der Waals surface area contributed by atoms with Crippen LogP contribution in [0, 0.1) is 11.8 Å². The van der Waals surface area contributed by atoms with Crippen molar-refractivity contribution >= 4 is 23.6 Å². The van der Waals surface area contributed by atoms with Gasteiger partial charge in [0, 0.05) is 48.5 Å². The summed E-state index contributed by atoms with van der Waals surface area (Å²) in [4.78, 5) is 60.9. The fourth-order valence-electron chi connectivity index (χ4n) is 5.23. The van der Waals surface area contributed by atoms with Crippen LogP contribution < -0.4 is 21.3 Å². The highest BCUT2D eigenvalue weighted by Crippen LogP contribution is 2.14. The van der Waals surface area contributed by atoms with Crippen molar-refractivity contribution in [2.75, 3.05) is 6.54 Å². The summed E-state index contributed by atoms with van der Waals surface area (Å²) >= 11 is 0. The molecule has 0 aliphatic heterocycles. The van der Waals surface area contributed by atoms with E-state index in [4.69, 9.17) is 0 Å². The molecule has 4 N–H and O–H groups in total. The third kappa shape index (κ3) is 13.7. The molecule has 10 nitrogen and oxygen atoms in total. The highest BCUT2D eigenvalue weighted by molar-refractivity contribution is 5.98. The Labute approximate surface area is 275 Å². The lowest BCUT2D eigenvalue weighted by Crippen LogP contribution is -2.56. The molecule has 0 spiro atoms. The van der Waals surface area contributed by atoms with E-state index in [2.05, 4.69) is 38.2 Å². The maximum atomic E-state index is 13.7. The molecule has 46 heavy (non-hydrogen) atoms. The van der Waals surface area contributed by atoms with Gasteiger partial charge in [0.25, 0.3) is 11.8 Å². The van der Waals surface area contributed by atoms with E-state index in [1.54, 1.807) is 36.7 Å². The fourth-order valence-corrected chi connectivity index (χ4v) is 5.23. The average molecular weight is 637 g/mol. The van der Waals surface area contributed by atoms with Gasteiger partial charge in [-0.25, -0.2) is 0 Å². The van der Waals surface area contributed by atoms with Gasteiger partial charge in [-0.15, -0.1) is 0 Å². The first-order valence-electron chi connectivity index (χ1n) is 17.2. The molecule has 10 heteroatoms. The standard InChI is InChI=1S/C36H56N6O4/c1-6-9-10-11-12-13-14-15-16-30(40-36(46)32(27(5)8-3)42-34(44)29-19-23-38-24-20-29)25-39-35(45)31(26(4)7-2)41-33(43)28-17-21-37-22-18-28/h17-24,26-27,30-32H,6-16,25H2,1-5H3,(H,39,45)(H,40,46)(H,41,43)(H,42,44)/t26?,27?,30?,31-,32-/m0/s1. The van der Waals surface area contributed by atoms with E-state index in [-0.39, 0.29) is 48.1 Å². The predicted octanol–water partition coefficient (Wildman–Crippen LogP) is 5.60. The van der Waals surface area contributed by atoms with Crippen molar-refractivity contribution in [3.63, 3.8) is 0 Å². The van der Waals surface area contributed by atoms with Gasteiger partial charge < -0.3 is 21.3 Å². The van der Waals surface area contributed by atoms with Crippen molar-refractivity contribution < 1.29 is 19.2 Å². The molecule has 3 unspecified atom stereocenters. The van der Waals surface area contributed by atoms with E-state index in [1.165, 1.54) is 44.5 Å². The maximum Gasteiger partial charge on any atom is 0.252 e. The molecule has 0 saturated heterocycles. The molecule has 2 heterocycles. The number of carbonyl (C=O) groups is 4. The predicted molar refractivity (Wildman–Crippen MR) is 182 cm³/mol. The van der Waals surface area contributed by atoms with E-state index in [1.807, 2.05) is 27.7 Å². The highest BCUT2D eigenvalue weighted by Gasteiger charge is 2.30. The minimum Gasteiger partial charge on any atom is -0.352 e. The number of nitrogens with one attached hydrogen (secondary N) is 4. The summed E-state index contributed by atoms with van der Waals surface area (Å²) in [7, 11) is 0. The number of pyridine rings is 2. The third-order valence-electron chi connectivity index (χ3n) is 8.72. The SMILES string of the molecule is CCCCCCCCCCC(CNC(=O)[C@@H](NC(=O)c1ccncc1)C(C)CC)NC(=O)[C@@H](NC(=O)c1ccncc1)C(C)CC. The molecule has 0 saturated carbocycles. The summed E-state index contributed by atoms with van der Waals surface area (Å²) in [5.41, 5.74) is 0.865. The van der Waals surface area contributed by atoms with Crippen molar-refractivity contribution in [3.05, 3.63) is 60.2 Å². The molecule has 2 rings (SSSR count). The first-order chi connectivity index (χ1) is 22.2. The average Bonchev–Trinajstić information content (AvgIpc) is 3.09. The highest BCUT2D eigenvalue weighted by atomic mass is 16.2. The molecule has 0 aliphatic rings. The normalized spacial score (nSPS) is 14.3. The summed E-state index contributed by atoms with van der Waals surface area (Å²) in [5.74, 6) is -1.46. The molecule has 254 valence electrons. The molecule has 0 aromatic carbocycles. The smallest absolute Gasteiger partial charge is 0.252 e. The first kappa shape index (κ1) is 38.4. The number of amides is 4. The van der Waals surface area contributed by atoms with Crippen molar-refractivity contribution in [1.29, 1.82) is 0 Å². The van der Waals surface area contributed by atoms with Crippen LogP contribution >= 0.6 is 0 Å². The molecule has 0 fully saturated rings. The van der Waals surface area contributed by atoms with Gasteiger partial charge in [-0.1, -0.05) is 98.8 Å². The Balaban J connectivity index is 2.11. The summed E-state index contributed by atoms with van der Waals surface area (Å²) in [6.07, 6.45) is 17.5. The Morgan fingerprint density at radius 1 is 0.609 bits per heavy atom. The quantitative estimate of drug-likeness (QED) is 0.124. The molecule has 5 atom stereocenters. The zero-order chi connectivity index (χ0) is 33.7. The van der Waals surface area contributed by atoms with Crippen LogP contribution in [0.1, 0.15) is 126 Å². The Bertz CT molecular complexity index is 1180. The van der Waals surface area contributed by atoms with Gasteiger partial charge >= 0.3 is 0 Å². The van der Waals surface area contributed by atoms with Crippen LogP contribution in [0.3, 0.4) is 0 Å². The Hall–Kier alpha value is -3.82. The summed E-state index contributed by atoms with van der Waals surface area (Å²) in [5, 5.41) is 11.9. The van der Waals surface area contributed by atoms with Gasteiger partial charge in [0.05, 0.1) is 0 Å². The minimum atomic E-state index is -0.741. The number of hydrogen-bond donors (Lipinski definition) is 4. The van der Waals surface area contributed by atoms with Crippen LogP contribution in [0.15, 0.2) is 49.1 Å². The zero-order valence-corrected chi connectivity index (χ0v) is 28.5. The van der Waals surface area contributed by atoms with Crippen molar-refractivity contribution in [1.82, 2.24) is 31.2 Å². The fraction of sp³-hybridized carbons (Fsp3) is 0.611. The van der Waals surface area contributed by atoms with Crippen molar-refractivity contribution in [2.24, 2.45) is 11.8 Å². The van der Waals surface area contributed by atoms with Crippen LogP contribution in [-0.4, -0.2) is 58.3 Å². The lowest BCUT2D eigenvalue weighted by molar-refractivity contribution is -0.126. The van der Waals surface area contributed by atoms with Gasteiger partial charge in [-0.3, -0.25) is 29.1 Å². The number of rotatable bonds is 22. The van der Waals surface area contributed by atoms with E-state index < -0.39 is 12.1 Å². The van der Waals surface area contributed by atoms with Crippen LogP contribution in [0.5, 0.6) is 0 Å². The monoisotopic (exact) mass is 636 g/mol. The lowest BCUT2D eigenvalue weighted by Gasteiger charge is -2.28. The minimum absolute atomic E-state index is 0.107. The number of aromatic nitrogens is 2. The Kier molecular flexibility index (Phi) is 18.2. The lowest BCUT2D eigenvalue weighted by atomic mass is 9.96. The van der Waals surface area contributed by atoms with Crippen LogP contribution in [0.25, 0.3) is 0 Å². The van der Waals surface area contributed by atoms with Crippen LogP contribution in [0.2, 0.25) is 0 Å². The summed E-state index contributed by atoms with van der Waals surface area (Å²) < 4.78 is 0. The third-order valence-corrected chi connectivity index (χ3v) is 8.72. The Morgan fingerprint density at radius 3 is 1.50 bits per heavy atom. The van der Waals surface area contributed by atoms with Gasteiger partial charge in [0.15, 0.2) is 0 Å². The number of unbranched alkanes of at least 4 members (excludes halogenated alkanes) is 7. The van der Waals surface area contributed by atoms with Gasteiger partial charge in [0.2, 0.25) is 11.8 Å². The number of nitrogens with zero attached hydrogens (tertiary/aromatic N) is 2. The van der Waals surface area contributed by atoms with Crippen LogP contribution in [0.4, 0.5) is 0 Å². The molecule has 0 aliphatic carbocycles. The molecular formula is C36H56N6O4. The molecule has 0 bridgehead atoms. The van der Waals surface area contributed by atoms with Crippen LogP contribution in [-0.2, 0) is 9.59 Å². The number of hydrogen-bond acceptors (Lipinski definition) is 6. The second kappa shape index (κ2) is 21.8. The van der Waals surface area contributed by atoms with E-state index in [0.717, 1.165) is 19.3 Å². The first-order valence-corrected chi connectivity index (χ1v) is 17.2. The van der Waals surface area contributed by atoms with E-state index >= 15 is 0 Å². The van der Waals surface area contributed by atoms with E-state index in [0.29, 0.717) is 30.4 Å². The van der Waals surface area contributed by atoms with Gasteiger partial charge in [0.1, 0.15) is 12.1 Å². The molecule has 2 aromatic heterocycles. The van der Waals surface area contributed by atoms with Crippen molar-refractivity contribution in [3.8, 4) is 0 Å².